The lowest BCUT2D eigenvalue weighted by atomic mass is 9.59. The highest BCUT2D eigenvalue weighted by molar-refractivity contribution is 5.96. The van der Waals surface area contributed by atoms with Crippen LogP contribution in [0.5, 0.6) is 0 Å². The number of Topliss-reactive ketones (excluding diaryl/α,β-unsaturated/α-hetero) is 1. The molecule has 1 spiro atoms. The van der Waals surface area contributed by atoms with Crippen molar-refractivity contribution in [2.75, 3.05) is 6.61 Å². The maximum Gasteiger partial charge on any atom is 0.363 e. The van der Waals surface area contributed by atoms with Crippen molar-refractivity contribution in [1.82, 2.24) is 10.3 Å². The van der Waals surface area contributed by atoms with E-state index in [0.29, 0.717) is 11.5 Å². The molecule has 6 rings (SSSR count). The molecule has 1 aromatic rings. The Labute approximate surface area is 210 Å². The van der Waals surface area contributed by atoms with Crippen LogP contribution in [0.3, 0.4) is 0 Å². The van der Waals surface area contributed by atoms with E-state index >= 15 is 0 Å². The van der Waals surface area contributed by atoms with E-state index in [-0.39, 0.29) is 46.9 Å². The molecular weight excluding hydrogens is 464 g/mol. The van der Waals surface area contributed by atoms with E-state index in [1.807, 2.05) is 19.1 Å². The summed E-state index contributed by atoms with van der Waals surface area (Å²) in [7, 11) is 0. The van der Waals surface area contributed by atoms with E-state index < -0.39 is 35.0 Å². The normalized spacial score (nSPS) is 43.7. The fourth-order valence-electron chi connectivity index (χ4n) is 7.88. The summed E-state index contributed by atoms with van der Waals surface area (Å²) < 4.78 is 23.1. The molecule has 8 atom stereocenters. The summed E-state index contributed by atoms with van der Waals surface area (Å²) in [6.45, 7) is 13.7. The Bertz CT molecular complexity index is 1230. The molecule has 1 saturated heterocycles. The molecule has 3 fully saturated rings. The van der Waals surface area contributed by atoms with Crippen LogP contribution in [0.25, 0.3) is 0 Å². The van der Waals surface area contributed by atoms with Crippen molar-refractivity contribution in [1.29, 1.82) is 0 Å². The molecule has 1 N–H and O–H groups in total. The third kappa shape index (κ3) is 2.82. The fourth-order valence-corrected chi connectivity index (χ4v) is 7.88. The van der Waals surface area contributed by atoms with Gasteiger partial charge in [-0.1, -0.05) is 38.1 Å². The zero-order chi connectivity index (χ0) is 26.0. The van der Waals surface area contributed by atoms with Gasteiger partial charge in [0.2, 0.25) is 5.69 Å². The monoisotopic (exact) mass is 498 g/mol. The van der Waals surface area contributed by atoms with Crippen LogP contribution in [0.1, 0.15) is 64.1 Å². The third-order valence-corrected chi connectivity index (χ3v) is 9.74. The van der Waals surface area contributed by atoms with E-state index in [1.165, 1.54) is 0 Å². The summed E-state index contributed by atoms with van der Waals surface area (Å²) in [6.07, 6.45) is 2.60. The number of fused-ring (bicyclic) bond motifs is 5. The van der Waals surface area contributed by atoms with Gasteiger partial charge in [0.25, 0.3) is 0 Å². The number of hydrogen-bond acceptors (Lipinski definition) is 9. The van der Waals surface area contributed by atoms with Crippen LogP contribution in [-0.2, 0) is 19.0 Å². The highest BCUT2D eigenvalue weighted by Crippen LogP contribution is 2.72. The number of ether oxygens (including phenoxy) is 3. The first-order valence-corrected chi connectivity index (χ1v) is 12.7. The highest BCUT2D eigenvalue weighted by Gasteiger charge is 2.77. The van der Waals surface area contributed by atoms with Crippen molar-refractivity contribution in [3.05, 3.63) is 34.7 Å². The van der Waals surface area contributed by atoms with Gasteiger partial charge in [-0.15, -0.1) is 0 Å². The summed E-state index contributed by atoms with van der Waals surface area (Å²) in [5.41, 5.74) is -1.57. The topological polar surface area (TPSA) is 121 Å². The zero-order valence-electron chi connectivity index (χ0n) is 21.8. The summed E-state index contributed by atoms with van der Waals surface area (Å²) in [6, 6.07) is 0. The summed E-state index contributed by atoms with van der Waals surface area (Å²) in [5, 5.41) is 20.3. The van der Waals surface area contributed by atoms with Gasteiger partial charge >= 0.3 is 5.97 Å². The first-order chi connectivity index (χ1) is 16.8. The van der Waals surface area contributed by atoms with Crippen molar-refractivity contribution < 1.29 is 33.5 Å². The Morgan fingerprint density at radius 1 is 1.19 bits per heavy atom. The highest BCUT2D eigenvalue weighted by atomic mass is 16.7. The lowest BCUT2D eigenvalue weighted by molar-refractivity contribution is -0.302. The molecule has 0 amide bonds. The molecule has 1 aliphatic heterocycles. The van der Waals surface area contributed by atoms with Gasteiger partial charge in [0.1, 0.15) is 11.8 Å². The zero-order valence-corrected chi connectivity index (χ0v) is 21.8. The summed E-state index contributed by atoms with van der Waals surface area (Å²) in [4.78, 5) is 27.8. The van der Waals surface area contributed by atoms with Gasteiger partial charge in [0.15, 0.2) is 23.3 Å². The number of carbonyl (C=O) groups excluding carboxylic acids is 2. The molecule has 0 aromatic carbocycles. The van der Waals surface area contributed by atoms with Crippen LogP contribution in [0, 0.1) is 41.4 Å². The average Bonchev–Trinajstić information content (AvgIpc) is 3.05. The molecule has 9 nitrogen and oxygen atoms in total. The standard InChI is InChI=1S/C27H34N2O7/c1-12-10-26-13(2)8-17-18(24(17,4)5)16(20(26)30)9-15-11-33-25(6,7)35-22(15)27(26,32)21(12)34-23(31)19-14(3)28-36-29-19/h9-10,13,16-18,21-22,32H,8,11H2,1-7H3/t13-,16+,17-,18+,21+,22-,26+,27-/m1/s1. The second-order valence-electron chi connectivity index (χ2n) is 12.5. The quantitative estimate of drug-likeness (QED) is 0.484. The van der Waals surface area contributed by atoms with E-state index in [2.05, 4.69) is 24.2 Å². The Kier molecular flexibility index (Phi) is 4.76. The van der Waals surface area contributed by atoms with E-state index in [9.17, 15) is 14.7 Å². The van der Waals surface area contributed by atoms with Crippen LogP contribution in [0.15, 0.2) is 27.9 Å². The molecule has 9 heteroatoms. The first kappa shape index (κ1) is 24.0. The molecule has 2 saturated carbocycles. The number of aliphatic hydroxyl groups is 1. The third-order valence-electron chi connectivity index (χ3n) is 9.74. The molecule has 2 heterocycles. The smallest absolute Gasteiger partial charge is 0.363 e. The molecule has 194 valence electrons. The molecule has 0 radical (unpaired) electrons. The van der Waals surface area contributed by atoms with Crippen molar-refractivity contribution in [2.24, 2.45) is 34.5 Å². The number of nitrogens with zero attached hydrogens (tertiary/aromatic N) is 2. The Morgan fingerprint density at radius 3 is 2.58 bits per heavy atom. The number of rotatable bonds is 2. The average molecular weight is 499 g/mol. The van der Waals surface area contributed by atoms with Gasteiger partial charge in [-0.25, -0.2) is 9.42 Å². The molecular formula is C27H34N2O7. The molecule has 0 unspecified atom stereocenters. The summed E-state index contributed by atoms with van der Waals surface area (Å²) >= 11 is 0. The number of esters is 1. The van der Waals surface area contributed by atoms with Gasteiger partial charge in [0, 0.05) is 5.92 Å². The SMILES string of the molecule is CC1=C[C@]23C(=O)[C@@H](C=C4COC(C)(C)O[C@H]4[C@]2(O)[C@H]1OC(=O)c1nonc1C)[C@H]1[C@@H](C[C@H]3C)C1(C)C. The van der Waals surface area contributed by atoms with Gasteiger partial charge in [-0.3, -0.25) is 4.79 Å². The van der Waals surface area contributed by atoms with Gasteiger partial charge < -0.3 is 19.3 Å². The number of aryl methyl sites for hydroxylation is 1. The number of aromatic nitrogens is 2. The minimum atomic E-state index is -1.86. The Hall–Kier alpha value is -2.36. The molecule has 4 aliphatic carbocycles. The fraction of sp³-hybridized carbons (Fsp3) is 0.704. The predicted molar refractivity (Wildman–Crippen MR) is 125 cm³/mol. The van der Waals surface area contributed by atoms with Crippen LogP contribution < -0.4 is 0 Å². The lowest BCUT2D eigenvalue weighted by Gasteiger charge is -2.52. The second kappa shape index (κ2) is 7.14. The number of ketones is 1. The van der Waals surface area contributed by atoms with Crippen LogP contribution in [-0.4, -0.2) is 57.4 Å². The minimum Gasteiger partial charge on any atom is -0.450 e. The molecule has 1 aromatic heterocycles. The molecule has 5 aliphatic rings. The van der Waals surface area contributed by atoms with Crippen molar-refractivity contribution in [3.63, 3.8) is 0 Å². The molecule has 2 bridgehead atoms. The Morgan fingerprint density at radius 2 is 1.92 bits per heavy atom. The number of hydrogen-bond donors (Lipinski definition) is 1. The number of carbonyl (C=O) groups is 2. The maximum absolute atomic E-state index is 14.6. The largest absolute Gasteiger partial charge is 0.450 e. The van der Waals surface area contributed by atoms with E-state index in [1.54, 1.807) is 27.7 Å². The lowest BCUT2D eigenvalue weighted by Crippen LogP contribution is -2.68. The minimum absolute atomic E-state index is 0.0293. The van der Waals surface area contributed by atoms with Gasteiger partial charge in [-0.2, -0.15) is 0 Å². The number of allylic oxidation sites excluding steroid dienone is 1. The van der Waals surface area contributed by atoms with E-state index in [0.717, 1.165) is 12.0 Å². The van der Waals surface area contributed by atoms with E-state index in [4.69, 9.17) is 18.8 Å². The summed E-state index contributed by atoms with van der Waals surface area (Å²) in [5.74, 6) is -1.85. The first-order valence-electron chi connectivity index (χ1n) is 12.7. The van der Waals surface area contributed by atoms with Crippen LogP contribution in [0.4, 0.5) is 0 Å². The predicted octanol–water partition coefficient (Wildman–Crippen LogP) is 3.17. The van der Waals surface area contributed by atoms with Crippen molar-refractivity contribution in [3.8, 4) is 0 Å². The van der Waals surface area contributed by atoms with Gasteiger partial charge in [0.05, 0.1) is 12.0 Å². The Balaban J connectivity index is 1.53. The van der Waals surface area contributed by atoms with Crippen molar-refractivity contribution in [2.45, 2.75) is 78.5 Å². The van der Waals surface area contributed by atoms with Gasteiger partial charge in [-0.05, 0) is 73.6 Å². The van der Waals surface area contributed by atoms with Crippen LogP contribution in [0.2, 0.25) is 0 Å². The maximum atomic E-state index is 14.6. The van der Waals surface area contributed by atoms with Crippen molar-refractivity contribution >= 4 is 11.8 Å². The van der Waals surface area contributed by atoms with Crippen LogP contribution >= 0.6 is 0 Å². The molecule has 36 heavy (non-hydrogen) atoms. The second-order valence-corrected chi connectivity index (χ2v) is 12.5.